The van der Waals surface area contributed by atoms with E-state index in [9.17, 15) is 0 Å². The zero-order chi connectivity index (χ0) is 34.2. The first-order valence-electron chi connectivity index (χ1n) is 20.0. The topological polar surface area (TPSA) is 25.6 Å². The molecule has 3 aromatic rings. The maximum atomic E-state index is 7.09. The summed E-state index contributed by atoms with van der Waals surface area (Å²) in [5, 5.41) is 1.33. The molecular weight excluding hydrogens is 635 g/mol. The Kier molecular flexibility index (Phi) is 7.29. The minimum atomic E-state index is -0.0484. The molecule has 3 heteroatoms. The van der Waals surface area contributed by atoms with E-state index in [0.717, 1.165) is 43.9 Å². The minimum Gasteiger partial charge on any atom is -0.461 e. The van der Waals surface area contributed by atoms with Crippen molar-refractivity contribution in [1.29, 1.82) is 0 Å². The lowest BCUT2D eigenvalue weighted by Crippen LogP contribution is -2.59. The average Bonchev–Trinajstić information content (AvgIpc) is 3.72. The van der Waals surface area contributed by atoms with E-state index in [2.05, 4.69) is 138 Å². The van der Waals surface area contributed by atoms with Crippen LogP contribution in [0.5, 0.6) is 0 Å². The first-order chi connectivity index (χ1) is 25.8. The summed E-state index contributed by atoms with van der Waals surface area (Å²) in [6.45, 7) is 0. The lowest BCUT2D eigenvalue weighted by Gasteiger charge is -2.57. The predicted octanol–water partition coefficient (Wildman–Crippen LogP) is 9.62. The number of hydrogen-bond donors (Lipinski definition) is 0. The van der Waals surface area contributed by atoms with Gasteiger partial charge in [0.05, 0.1) is 18.2 Å². The van der Waals surface area contributed by atoms with Gasteiger partial charge in [-0.1, -0.05) is 109 Å². The Labute approximate surface area is 307 Å². The van der Waals surface area contributed by atoms with Gasteiger partial charge in [0.25, 0.3) is 0 Å². The minimum absolute atomic E-state index is 0.0484. The van der Waals surface area contributed by atoms with E-state index in [0.29, 0.717) is 29.7 Å². The van der Waals surface area contributed by atoms with Gasteiger partial charge >= 0.3 is 0 Å². The number of benzene rings is 2. The third-order valence-corrected chi connectivity index (χ3v) is 13.8. The van der Waals surface area contributed by atoms with Crippen LogP contribution in [0.1, 0.15) is 85.3 Å². The molecule has 0 bridgehead atoms. The summed E-state index contributed by atoms with van der Waals surface area (Å²) in [6.07, 6.45) is 42.9. The maximum absolute atomic E-state index is 7.09. The number of rotatable bonds is 4. The monoisotopic (exact) mass is 681 g/mol. The molecule has 8 unspecified atom stereocenters. The van der Waals surface area contributed by atoms with Gasteiger partial charge in [-0.3, -0.25) is 0 Å². The molecule has 0 saturated carbocycles. The van der Waals surface area contributed by atoms with Crippen LogP contribution in [0.2, 0.25) is 0 Å². The molecule has 1 fully saturated rings. The molecule has 1 spiro atoms. The van der Waals surface area contributed by atoms with E-state index in [4.69, 9.17) is 9.15 Å². The Hall–Kier alpha value is -4.60. The van der Waals surface area contributed by atoms with Gasteiger partial charge < -0.3 is 14.1 Å². The van der Waals surface area contributed by atoms with E-state index in [-0.39, 0.29) is 17.6 Å². The molecule has 0 N–H and O–H groups in total. The Morgan fingerprint density at radius 3 is 2.54 bits per heavy atom. The third kappa shape index (κ3) is 4.54. The van der Waals surface area contributed by atoms with Gasteiger partial charge in [-0.15, -0.1) is 0 Å². The van der Waals surface area contributed by atoms with Gasteiger partial charge in [-0.2, -0.15) is 0 Å². The lowest BCUT2D eigenvalue weighted by atomic mass is 9.51. The van der Waals surface area contributed by atoms with Crippen molar-refractivity contribution in [2.24, 2.45) is 17.8 Å². The standard InChI is InChI=1S/C49H47NO2/c1-3-14-32(15-4-1)33-26-28-35(29-27-33)50(34-16-5-2-6-17-34)43-22-13-25-46-48(43)38-30-37-36-18-7-8-19-39(36)49(42(37)31-47(38)52-46)40-20-9-11-23-44(40)51-45-24-12-10-21-41(45)49/h1,3-5,7-9,11-12,14,16,18-20,23-30,32,34,40-42,44-45H,2,6,10,13,15,17,21-22,31H2. The second kappa shape index (κ2) is 12.2. The average molecular weight is 682 g/mol. The van der Waals surface area contributed by atoms with Crippen molar-refractivity contribution >= 4 is 29.1 Å². The van der Waals surface area contributed by atoms with E-state index >= 15 is 0 Å². The summed E-state index contributed by atoms with van der Waals surface area (Å²) >= 11 is 0. The molecule has 1 aromatic heterocycles. The summed E-state index contributed by atoms with van der Waals surface area (Å²) in [5.74, 6) is 2.68. The van der Waals surface area contributed by atoms with E-state index < -0.39 is 0 Å². The number of ether oxygens (including phenoxy) is 1. The van der Waals surface area contributed by atoms with Crippen LogP contribution in [-0.2, 0) is 16.6 Å². The number of hydrogen-bond acceptors (Lipinski definition) is 3. The molecule has 1 aliphatic heterocycles. The Bertz CT molecular complexity index is 2270. The highest BCUT2D eigenvalue weighted by Gasteiger charge is 2.64. The number of fused-ring (bicyclic) bond motifs is 12. The predicted molar refractivity (Wildman–Crippen MR) is 212 cm³/mol. The molecule has 52 heavy (non-hydrogen) atoms. The summed E-state index contributed by atoms with van der Waals surface area (Å²) in [5.41, 5.74) is 10.9. The molecule has 2 aromatic carbocycles. The summed E-state index contributed by atoms with van der Waals surface area (Å²) < 4.78 is 14.0. The molecular formula is C49H47NO2. The van der Waals surface area contributed by atoms with Gasteiger partial charge in [0.1, 0.15) is 11.2 Å². The second-order valence-electron chi connectivity index (χ2n) is 16.2. The van der Waals surface area contributed by atoms with Crippen molar-refractivity contribution in [3.05, 3.63) is 160 Å². The normalized spacial score (nSPS) is 33.0. The molecule has 8 atom stereocenters. The molecule has 2 heterocycles. The molecule has 11 rings (SSSR count). The molecule has 0 amide bonds. The second-order valence-corrected chi connectivity index (χ2v) is 16.2. The molecule has 260 valence electrons. The molecule has 0 radical (unpaired) electrons. The fraction of sp³-hybridized carbons (Fsp3) is 0.347. The maximum Gasteiger partial charge on any atom is 0.132 e. The van der Waals surface area contributed by atoms with Crippen molar-refractivity contribution < 1.29 is 9.15 Å². The van der Waals surface area contributed by atoms with Crippen molar-refractivity contribution in [3.8, 4) is 0 Å². The number of furan rings is 1. The fourth-order valence-corrected chi connectivity index (χ4v) is 11.7. The van der Waals surface area contributed by atoms with Crippen LogP contribution in [0.25, 0.3) is 23.4 Å². The van der Waals surface area contributed by atoms with Crippen molar-refractivity contribution in [2.45, 2.75) is 87.4 Å². The highest BCUT2D eigenvalue weighted by molar-refractivity contribution is 5.92. The Morgan fingerprint density at radius 2 is 1.65 bits per heavy atom. The van der Waals surface area contributed by atoms with Crippen LogP contribution in [0.3, 0.4) is 0 Å². The van der Waals surface area contributed by atoms with Crippen LogP contribution in [-0.4, -0.2) is 18.2 Å². The summed E-state index contributed by atoms with van der Waals surface area (Å²) in [4.78, 5) is 2.69. The first-order valence-corrected chi connectivity index (χ1v) is 20.0. The van der Waals surface area contributed by atoms with E-state index in [1.165, 1.54) is 69.5 Å². The highest BCUT2D eigenvalue weighted by atomic mass is 16.5. The molecule has 7 aliphatic carbocycles. The van der Waals surface area contributed by atoms with E-state index in [1.807, 2.05) is 0 Å². The van der Waals surface area contributed by atoms with Gasteiger partial charge in [-0.05, 0) is 104 Å². The highest BCUT2D eigenvalue weighted by Crippen LogP contribution is 2.65. The summed E-state index contributed by atoms with van der Waals surface area (Å²) in [6, 6.07) is 19.3. The lowest BCUT2D eigenvalue weighted by molar-refractivity contribution is -0.122. The first kappa shape index (κ1) is 31.0. The zero-order valence-electron chi connectivity index (χ0n) is 29.9. The largest absolute Gasteiger partial charge is 0.461 e. The summed E-state index contributed by atoms with van der Waals surface area (Å²) in [7, 11) is 0. The molecule has 1 saturated heterocycles. The van der Waals surface area contributed by atoms with Gasteiger partial charge in [0, 0.05) is 51.8 Å². The zero-order valence-corrected chi connectivity index (χ0v) is 29.9. The van der Waals surface area contributed by atoms with E-state index in [1.54, 1.807) is 0 Å². The van der Waals surface area contributed by atoms with Crippen LogP contribution in [0.15, 0.2) is 126 Å². The molecule has 8 aliphatic rings. The van der Waals surface area contributed by atoms with Crippen LogP contribution >= 0.6 is 0 Å². The smallest absolute Gasteiger partial charge is 0.132 e. The van der Waals surface area contributed by atoms with Crippen molar-refractivity contribution in [1.82, 2.24) is 0 Å². The molecule has 3 nitrogen and oxygen atoms in total. The number of anilines is 1. The Morgan fingerprint density at radius 1 is 0.769 bits per heavy atom. The van der Waals surface area contributed by atoms with Gasteiger partial charge in [-0.25, -0.2) is 0 Å². The van der Waals surface area contributed by atoms with Crippen LogP contribution in [0, 0.1) is 17.8 Å². The number of allylic oxidation sites excluding steroid dienone is 9. The quantitative estimate of drug-likeness (QED) is 0.257. The Balaban J connectivity index is 1.09. The van der Waals surface area contributed by atoms with Crippen LogP contribution in [0.4, 0.5) is 5.69 Å². The van der Waals surface area contributed by atoms with Crippen molar-refractivity contribution in [3.63, 3.8) is 0 Å². The van der Waals surface area contributed by atoms with Gasteiger partial charge in [0.15, 0.2) is 0 Å². The number of nitrogens with zero attached hydrogens (tertiary/aromatic N) is 1. The fourth-order valence-electron chi connectivity index (χ4n) is 11.7. The van der Waals surface area contributed by atoms with Gasteiger partial charge in [0.2, 0.25) is 0 Å². The third-order valence-electron chi connectivity index (χ3n) is 13.8. The van der Waals surface area contributed by atoms with Crippen molar-refractivity contribution in [2.75, 3.05) is 4.90 Å². The SMILES string of the molecule is C1=CCC(c2ccc(N(C3=c4c5c(oc4=CCC3)CC3C(=C5)c4ccccc4C34C3C=CC=CC3OC3C=CCCC34)C3C=CCCC3)cc2)C=C1. The van der Waals surface area contributed by atoms with Crippen LogP contribution < -0.4 is 15.5 Å².